The average molecular weight is 533 g/mol. The summed E-state index contributed by atoms with van der Waals surface area (Å²) in [5, 5.41) is 20.2. The van der Waals surface area contributed by atoms with Crippen molar-refractivity contribution in [2.75, 3.05) is 37.7 Å². The third-order valence-electron chi connectivity index (χ3n) is 8.33. The zero-order valence-corrected chi connectivity index (χ0v) is 23.0. The van der Waals surface area contributed by atoms with Crippen LogP contribution >= 0.6 is 0 Å². The van der Waals surface area contributed by atoms with Crippen LogP contribution in [0, 0.1) is 5.82 Å². The van der Waals surface area contributed by atoms with Crippen LogP contribution in [0.3, 0.4) is 0 Å². The van der Waals surface area contributed by atoms with Crippen molar-refractivity contribution in [3.8, 4) is 17.2 Å². The van der Waals surface area contributed by atoms with E-state index in [1.54, 1.807) is 24.3 Å². The molecular formula is C33H41FN2O3. The number of aryl methyl sites for hydroxylation is 1. The lowest BCUT2D eigenvalue weighted by Crippen LogP contribution is -2.29. The predicted octanol–water partition coefficient (Wildman–Crippen LogP) is 6.79. The zero-order chi connectivity index (χ0) is 27.2. The number of anilines is 1. The maximum Gasteiger partial charge on any atom is 0.165 e. The second-order valence-electron chi connectivity index (χ2n) is 11.0. The summed E-state index contributed by atoms with van der Waals surface area (Å²) in [4.78, 5) is 4.62. The molecule has 39 heavy (non-hydrogen) atoms. The lowest BCUT2D eigenvalue weighted by molar-refractivity contribution is 0.209. The Morgan fingerprint density at radius 1 is 0.923 bits per heavy atom. The van der Waals surface area contributed by atoms with Crippen LogP contribution in [0.1, 0.15) is 67.2 Å². The number of phenolic OH excluding ortho intramolecular Hbond substituents is 2. The van der Waals surface area contributed by atoms with Gasteiger partial charge in [-0.1, -0.05) is 31.0 Å². The molecule has 5 nitrogen and oxygen atoms in total. The van der Waals surface area contributed by atoms with E-state index in [0.29, 0.717) is 30.6 Å². The van der Waals surface area contributed by atoms with Crippen LogP contribution in [0.25, 0.3) is 0 Å². The Morgan fingerprint density at radius 2 is 1.69 bits per heavy atom. The molecule has 0 radical (unpaired) electrons. The zero-order valence-electron chi connectivity index (χ0n) is 23.0. The Morgan fingerprint density at radius 3 is 2.46 bits per heavy atom. The molecule has 2 aliphatic rings. The lowest BCUT2D eigenvalue weighted by Gasteiger charge is -2.31. The third-order valence-corrected chi connectivity index (χ3v) is 8.33. The van der Waals surface area contributed by atoms with Crippen molar-refractivity contribution >= 4 is 5.69 Å². The molecule has 1 heterocycles. The first-order chi connectivity index (χ1) is 19.0. The summed E-state index contributed by atoms with van der Waals surface area (Å²) < 4.78 is 20.8. The highest BCUT2D eigenvalue weighted by molar-refractivity contribution is 5.59. The van der Waals surface area contributed by atoms with E-state index in [1.807, 2.05) is 30.3 Å². The highest BCUT2D eigenvalue weighted by Crippen LogP contribution is 2.40. The Labute approximate surface area is 231 Å². The van der Waals surface area contributed by atoms with Crippen LogP contribution < -0.4 is 9.64 Å². The second kappa shape index (κ2) is 12.7. The van der Waals surface area contributed by atoms with Gasteiger partial charge < -0.3 is 19.8 Å². The van der Waals surface area contributed by atoms with Crippen LogP contribution in [0.4, 0.5) is 10.1 Å². The summed E-state index contributed by atoms with van der Waals surface area (Å²) in [5.74, 6) is 0.830. The fraction of sp³-hybridized carbons (Fsp3) is 0.455. The normalized spacial score (nSPS) is 17.8. The Bertz CT molecular complexity index is 1260. The number of ether oxygens (including phenoxy) is 1. The Hall–Kier alpha value is -3.25. The van der Waals surface area contributed by atoms with E-state index in [2.05, 4.69) is 16.7 Å². The molecule has 0 spiro atoms. The first-order valence-electron chi connectivity index (χ1n) is 14.5. The van der Waals surface area contributed by atoms with E-state index in [9.17, 15) is 10.2 Å². The molecule has 1 fully saturated rings. The van der Waals surface area contributed by atoms with Crippen molar-refractivity contribution in [3.05, 3.63) is 82.7 Å². The minimum atomic E-state index is -0.331. The van der Waals surface area contributed by atoms with E-state index >= 15 is 4.39 Å². The van der Waals surface area contributed by atoms with E-state index in [0.717, 1.165) is 56.7 Å². The van der Waals surface area contributed by atoms with Gasteiger partial charge in [-0.25, -0.2) is 4.39 Å². The highest BCUT2D eigenvalue weighted by Gasteiger charge is 2.25. The molecular weight excluding hydrogens is 491 g/mol. The topological polar surface area (TPSA) is 56.2 Å². The smallest absolute Gasteiger partial charge is 0.165 e. The maximum absolute atomic E-state index is 15.0. The van der Waals surface area contributed by atoms with E-state index in [1.165, 1.54) is 42.4 Å². The number of nitrogens with zero attached hydrogens (tertiary/aromatic N) is 2. The standard InChI is InChI=1S/C33H41FN2O3/c1-2-36(23-24-7-14-33(31(34)19-24)39-18-17-35-15-5-3-4-6-16-35)32-22-29(38)12-13-30(32)27-9-8-26-21-28(37)11-10-25(26)20-27/h7,10-14,19,21-22,27,37-38H,2-6,8-9,15-18,20,23H2,1H3. The molecule has 3 aromatic carbocycles. The maximum atomic E-state index is 15.0. The van der Waals surface area contributed by atoms with E-state index in [4.69, 9.17) is 4.74 Å². The molecule has 1 aliphatic heterocycles. The van der Waals surface area contributed by atoms with Gasteiger partial charge in [0.25, 0.3) is 0 Å². The number of likely N-dealkylation sites (tertiary alicyclic amines) is 1. The Balaban J connectivity index is 1.27. The molecule has 1 atom stereocenters. The first-order valence-corrected chi connectivity index (χ1v) is 14.5. The molecule has 0 saturated carbocycles. The number of hydrogen-bond acceptors (Lipinski definition) is 5. The fourth-order valence-electron chi connectivity index (χ4n) is 6.15. The SMILES string of the molecule is CCN(Cc1ccc(OCCN2CCCCCC2)c(F)c1)c1cc(O)ccc1C1CCc2cc(O)ccc2C1. The van der Waals surface area contributed by atoms with Gasteiger partial charge in [0.05, 0.1) is 0 Å². The predicted molar refractivity (Wildman–Crippen MR) is 155 cm³/mol. The van der Waals surface area contributed by atoms with Crippen molar-refractivity contribution in [2.24, 2.45) is 0 Å². The van der Waals surface area contributed by atoms with Gasteiger partial charge in [-0.05, 0) is 111 Å². The summed E-state index contributed by atoms with van der Waals surface area (Å²) in [6.45, 7) is 6.88. The van der Waals surface area contributed by atoms with Gasteiger partial charge in [-0.2, -0.15) is 0 Å². The Kier molecular flexibility index (Phi) is 8.92. The van der Waals surface area contributed by atoms with Gasteiger partial charge >= 0.3 is 0 Å². The lowest BCUT2D eigenvalue weighted by atomic mass is 9.79. The van der Waals surface area contributed by atoms with Gasteiger partial charge in [-0.3, -0.25) is 4.90 Å². The monoisotopic (exact) mass is 532 g/mol. The number of phenols is 2. The van der Waals surface area contributed by atoms with Crippen LogP contribution in [-0.2, 0) is 19.4 Å². The summed E-state index contributed by atoms with van der Waals surface area (Å²) in [6, 6.07) is 16.6. The van der Waals surface area contributed by atoms with Crippen molar-refractivity contribution in [3.63, 3.8) is 0 Å². The molecule has 208 valence electrons. The highest BCUT2D eigenvalue weighted by atomic mass is 19.1. The van der Waals surface area contributed by atoms with E-state index < -0.39 is 0 Å². The summed E-state index contributed by atoms with van der Waals surface area (Å²) in [5.41, 5.74) is 5.53. The number of halogens is 1. The molecule has 3 aromatic rings. The summed E-state index contributed by atoms with van der Waals surface area (Å²) >= 11 is 0. The first kappa shape index (κ1) is 27.3. The number of aromatic hydroxyl groups is 2. The van der Waals surface area contributed by atoms with E-state index in [-0.39, 0.29) is 11.6 Å². The van der Waals surface area contributed by atoms with Gasteiger partial charge in [0, 0.05) is 31.4 Å². The minimum Gasteiger partial charge on any atom is -0.508 e. The van der Waals surface area contributed by atoms with Gasteiger partial charge in [-0.15, -0.1) is 0 Å². The number of benzene rings is 3. The molecule has 1 saturated heterocycles. The third kappa shape index (κ3) is 6.85. The van der Waals surface area contributed by atoms with Gasteiger partial charge in [0.15, 0.2) is 11.6 Å². The summed E-state index contributed by atoms with van der Waals surface area (Å²) in [6.07, 6.45) is 7.84. The van der Waals surface area contributed by atoms with Crippen LogP contribution in [0.2, 0.25) is 0 Å². The van der Waals surface area contributed by atoms with Crippen molar-refractivity contribution < 1.29 is 19.3 Å². The molecule has 1 aliphatic carbocycles. The molecule has 0 amide bonds. The van der Waals surface area contributed by atoms with Crippen molar-refractivity contribution in [1.29, 1.82) is 0 Å². The van der Waals surface area contributed by atoms with Crippen LogP contribution in [0.15, 0.2) is 54.6 Å². The molecule has 6 heteroatoms. The molecule has 0 bridgehead atoms. The number of fused-ring (bicyclic) bond motifs is 1. The number of hydrogen-bond donors (Lipinski definition) is 2. The quantitative estimate of drug-likeness (QED) is 0.318. The molecule has 5 rings (SSSR count). The van der Waals surface area contributed by atoms with Gasteiger partial charge in [0.1, 0.15) is 18.1 Å². The largest absolute Gasteiger partial charge is 0.508 e. The van der Waals surface area contributed by atoms with Crippen LogP contribution in [0.5, 0.6) is 17.2 Å². The fourth-order valence-corrected chi connectivity index (χ4v) is 6.15. The molecule has 2 N–H and O–H groups in total. The van der Waals surface area contributed by atoms with Crippen LogP contribution in [-0.4, -0.2) is 47.9 Å². The summed E-state index contributed by atoms with van der Waals surface area (Å²) in [7, 11) is 0. The minimum absolute atomic E-state index is 0.229. The van der Waals surface area contributed by atoms with Crippen molar-refractivity contribution in [2.45, 2.75) is 64.3 Å². The number of rotatable bonds is 9. The average Bonchev–Trinajstić information content (AvgIpc) is 3.21. The molecule has 0 aromatic heterocycles. The second-order valence-corrected chi connectivity index (χ2v) is 11.0. The molecule has 1 unspecified atom stereocenters. The van der Waals surface area contributed by atoms with Gasteiger partial charge in [0.2, 0.25) is 0 Å². The van der Waals surface area contributed by atoms with Crippen molar-refractivity contribution in [1.82, 2.24) is 4.90 Å².